The lowest BCUT2D eigenvalue weighted by Crippen LogP contribution is -2.35. The highest BCUT2D eigenvalue weighted by atomic mass is 32.2. The molecule has 8 nitrogen and oxygen atoms in total. The van der Waals surface area contributed by atoms with Crippen LogP contribution in [0.2, 0.25) is 0 Å². The number of hydrogen-bond donors (Lipinski definition) is 2. The van der Waals surface area contributed by atoms with Crippen molar-refractivity contribution in [2.75, 3.05) is 32.6 Å². The van der Waals surface area contributed by atoms with Gasteiger partial charge in [-0.1, -0.05) is 24.3 Å². The van der Waals surface area contributed by atoms with Crippen LogP contribution in [-0.2, 0) is 19.6 Å². The number of hydrogen-bond acceptors (Lipinski definition) is 5. The highest BCUT2D eigenvalue weighted by molar-refractivity contribution is 7.89. The normalized spacial score (nSPS) is 11.1. The first kappa shape index (κ1) is 21.4. The number of carbonyl (C=O) groups is 2. The van der Waals surface area contributed by atoms with Crippen LogP contribution in [0, 0.1) is 6.92 Å². The number of amides is 2. The van der Waals surface area contributed by atoms with Gasteiger partial charge >= 0.3 is 0 Å². The van der Waals surface area contributed by atoms with Gasteiger partial charge in [-0.15, -0.1) is 0 Å². The van der Waals surface area contributed by atoms with Gasteiger partial charge in [-0.3, -0.25) is 9.59 Å². The Morgan fingerprint density at radius 3 is 2.36 bits per heavy atom. The number of nitrogens with one attached hydrogen (secondary N) is 2. The van der Waals surface area contributed by atoms with Crippen molar-refractivity contribution in [3.8, 4) is 5.75 Å². The lowest BCUT2D eigenvalue weighted by Gasteiger charge is -2.15. The number of carbonyl (C=O) groups excluding carboxylic acids is 2. The summed E-state index contributed by atoms with van der Waals surface area (Å²) in [6, 6.07) is 13.4. The van der Waals surface area contributed by atoms with Gasteiger partial charge in [0.15, 0.2) is 6.61 Å². The first-order valence-electron chi connectivity index (χ1n) is 8.47. The average Bonchev–Trinajstić information content (AvgIpc) is 2.66. The maximum Gasteiger partial charge on any atom is 0.258 e. The molecule has 0 radical (unpaired) electrons. The molecule has 150 valence electrons. The Bertz CT molecular complexity index is 943. The monoisotopic (exact) mass is 405 g/mol. The number of benzene rings is 2. The van der Waals surface area contributed by atoms with Crippen molar-refractivity contribution in [3.05, 3.63) is 54.1 Å². The number of aryl methyl sites for hydroxylation is 1. The third-order valence-corrected chi connectivity index (χ3v) is 5.75. The van der Waals surface area contributed by atoms with Crippen LogP contribution in [0.1, 0.15) is 5.56 Å². The number of para-hydroxylation sites is 1. The van der Waals surface area contributed by atoms with Crippen LogP contribution in [0.25, 0.3) is 0 Å². The molecule has 2 N–H and O–H groups in total. The minimum absolute atomic E-state index is 0.107. The lowest BCUT2D eigenvalue weighted by molar-refractivity contribution is -0.125. The van der Waals surface area contributed by atoms with E-state index in [1.807, 2.05) is 6.07 Å². The van der Waals surface area contributed by atoms with Crippen molar-refractivity contribution < 1.29 is 22.7 Å². The molecule has 0 unspecified atom stereocenters. The summed E-state index contributed by atoms with van der Waals surface area (Å²) in [6.45, 7) is 1.20. The molecule has 0 saturated carbocycles. The fourth-order valence-electron chi connectivity index (χ4n) is 2.25. The van der Waals surface area contributed by atoms with Gasteiger partial charge in [-0.2, -0.15) is 0 Å². The SMILES string of the molecule is Cc1ccc(NC(=O)CNC(=O)COc2ccccc2)cc1S(=O)(=O)N(C)C. The molecule has 9 heteroatoms. The van der Waals surface area contributed by atoms with Crippen LogP contribution >= 0.6 is 0 Å². The van der Waals surface area contributed by atoms with Gasteiger partial charge in [0.25, 0.3) is 5.91 Å². The third kappa shape index (κ3) is 5.80. The molecule has 0 aliphatic carbocycles. The Labute approximate surface area is 164 Å². The van der Waals surface area contributed by atoms with Crippen molar-refractivity contribution in [1.29, 1.82) is 0 Å². The minimum Gasteiger partial charge on any atom is -0.484 e. The molecule has 0 aliphatic rings. The van der Waals surface area contributed by atoms with Gasteiger partial charge in [-0.05, 0) is 36.8 Å². The van der Waals surface area contributed by atoms with Crippen molar-refractivity contribution in [2.45, 2.75) is 11.8 Å². The fourth-order valence-corrected chi connectivity index (χ4v) is 3.40. The molecule has 0 fully saturated rings. The second kappa shape index (κ2) is 9.34. The Balaban J connectivity index is 1.90. The van der Waals surface area contributed by atoms with E-state index >= 15 is 0 Å². The van der Waals surface area contributed by atoms with Crippen LogP contribution in [0.4, 0.5) is 5.69 Å². The molecule has 0 atom stereocenters. The van der Waals surface area contributed by atoms with Gasteiger partial charge in [0.1, 0.15) is 5.75 Å². The highest BCUT2D eigenvalue weighted by Gasteiger charge is 2.20. The van der Waals surface area contributed by atoms with E-state index in [1.165, 1.54) is 20.2 Å². The van der Waals surface area contributed by atoms with Gasteiger partial charge in [0.2, 0.25) is 15.9 Å². The second-order valence-corrected chi connectivity index (χ2v) is 8.31. The van der Waals surface area contributed by atoms with Gasteiger partial charge in [-0.25, -0.2) is 12.7 Å². The van der Waals surface area contributed by atoms with E-state index in [9.17, 15) is 18.0 Å². The lowest BCUT2D eigenvalue weighted by atomic mass is 10.2. The molecule has 0 spiro atoms. The predicted molar refractivity (Wildman–Crippen MR) is 106 cm³/mol. The molecule has 2 amide bonds. The van der Waals surface area contributed by atoms with Crippen molar-refractivity contribution in [1.82, 2.24) is 9.62 Å². The Morgan fingerprint density at radius 1 is 1.04 bits per heavy atom. The van der Waals surface area contributed by atoms with Crippen LogP contribution in [0.3, 0.4) is 0 Å². The molecule has 0 bridgehead atoms. The summed E-state index contributed by atoms with van der Waals surface area (Å²) in [4.78, 5) is 23.9. The number of nitrogens with zero attached hydrogens (tertiary/aromatic N) is 1. The largest absolute Gasteiger partial charge is 0.484 e. The summed E-state index contributed by atoms with van der Waals surface area (Å²) in [5.41, 5.74) is 0.892. The van der Waals surface area contributed by atoms with Gasteiger partial charge in [0, 0.05) is 19.8 Å². The molecule has 0 aliphatic heterocycles. The number of sulfonamides is 1. The highest BCUT2D eigenvalue weighted by Crippen LogP contribution is 2.22. The molecule has 0 aromatic heterocycles. The first-order chi connectivity index (χ1) is 13.2. The number of ether oxygens (including phenoxy) is 1. The van der Waals surface area contributed by atoms with Crippen LogP contribution in [0.15, 0.2) is 53.4 Å². The second-order valence-electron chi connectivity index (χ2n) is 6.19. The standard InChI is InChI=1S/C19H23N3O5S/c1-14-9-10-15(11-17(14)28(25,26)22(2)3)21-18(23)12-20-19(24)13-27-16-7-5-4-6-8-16/h4-11H,12-13H2,1-3H3,(H,20,24)(H,21,23). The minimum atomic E-state index is -3.63. The molecular formula is C19H23N3O5S. The molecule has 28 heavy (non-hydrogen) atoms. The zero-order valence-electron chi connectivity index (χ0n) is 15.9. The van der Waals surface area contributed by atoms with Crippen LogP contribution < -0.4 is 15.4 Å². The summed E-state index contributed by atoms with van der Waals surface area (Å²) in [5.74, 6) is -0.375. The Morgan fingerprint density at radius 2 is 1.71 bits per heavy atom. The molecular weight excluding hydrogens is 382 g/mol. The van der Waals surface area contributed by atoms with E-state index in [-0.39, 0.29) is 18.0 Å². The number of anilines is 1. The van der Waals surface area contributed by atoms with Crippen molar-refractivity contribution in [2.24, 2.45) is 0 Å². The zero-order valence-corrected chi connectivity index (χ0v) is 16.7. The van der Waals surface area contributed by atoms with E-state index < -0.39 is 21.8 Å². The van der Waals surface area contributed by atoms with E-state index in [1.54, 1.807) is 43.3 Å². The van der Waals surface area contributed by atoms with E-state index in [2.05, 4.69) is 10.6 Å². The maximum absolute atomic E-state index is 12.3. The summed E-state index contributed by atoms with van der Waals surface area (Å²) >= 11 is 0. The summed E-state index contributed by atoms with van der Waals surface area (Å²) in [6.07, 6.45) is 0. The summed E-state index contributed by atoms with van der Waals surface area (Å²) < 4.78 is 31.1. The van der Waals surface area contributed by atoms with E-state index in [4.69, 9.17) is 4.74 Å². The Hall–Kier alpha value is -2.91. The number of rotatable bonds is 8. The van der Waals surface area contributed by atoms with Gasteiger partial charge < -0.3 is 15.4 Å². The topological polar surface area (TPSA) is 105 Å². The predicted octanol–water partition coefficient (Wildman–Crippen LogP) is 1.38. The quantitative estimate of drug-likeness (QED) is 0.690. The molecule has 2 aromatic carbocycles. The average molecular weight is 405 g/mol. The molecule has 2 rings (SSSR count). The van der Waals surface area contributed by atoms with Crippen LogP contribution in [-0.4, -0.2) is 51.8 Å². The zero-order chi connectivity index (χ0) is 20.7. The van der Waals surface area contributed by atoms with E-state index in [0.29, 0.717) is 17.0 Å². The van der Waals surface area contributed by atoms with Crippen molar-refractivity contribution >= 4 is 27.5 Å². The van der Waals surface area contributed by atoms with Crippen molar-refractivity contribution in [3.63, 3.8) is 0 Å². The Kier molecular flexibility index (Phi) is 7.13. The van der Waals surface area contributed by atoms with Crippen LogP contribution in [0.5, 0.6) is 5.75 Å². The molecule has 2 aromatic rings. The first-order valence-corrected chi connectivity index (χ1v) is 9.91. The molecule has 0 heterocycles. The summed E-state index contributed by atoms with van der Waals surface area (Å²) in [5, 5.41) is 5.02. The van der Waals surface area contributed by atoms with Gasteiger partial charge in [0.05, 0.1) is 11.4 Å². The molecule has 0 saturated heterocycles. The third-order valence-electron chi connectivity index (χ3n) is 3.79. The fraction of sp³-hybridized carbons (Fsp3) is 0.263. The van der Waals surface area contributed by atoms with E-state index in [0.717, 1.165) is 4.31 Å². The maximum atomic E-state index is 12.3. The summed E-state index contributed by atoms with van der Waals surface area (Å²) in [7, 11) is -0.754. The smallest absolute Gasteiger partial charge is 0.258 e.